The molecule has 1 heterocycles. The lowest BCUT2D eigenvalue weighted by Gasteiger charge is -2.06. The SMILES string of the molecule is CC(=O)Nc1cc(OCCCO)ccn1. The third kappa shape index (κ3) is 4.42. The number of anilines is 1. The summed E-state index contributed by atoms with van der Waals surface area (Å²) in [5.74, 6) is 0.918. The van der Waals surface area contributed by atoms with Crippen LogP contribution >= 0.6 is 0 Å². The van der Waals surface area contributed by atoms with Gasteiger partial charge in [-0.25, -0.2) is 4.98 Å². The maximum absolute atomic E-state index is 10.8. The van der Waals surface area contributed by atoms with E-state index in [0.29, 0.717) is 24.6 Å². The highest BCUT2D eigenvalue weighted by Crippen LogP contribution is 2.14. The van der Waals surface area contributed by atoms with E-state index in [1.54, 1.807) is 18.3 Å². The van der Waals surface area contributed by atoms with E-state index in [1.165, 1.54) is 6.92 Å². The predicted octanol–water partition coefficient (Wildman–Crippen LogP) is 0.801. The predicted molar refractivity (Wildman–Crippen MR) is 55.7 cm³/mol. The summed E-state index contributed by atoms with van der Waals surface area (Å²) < 4.78 is 5.32. The minimum Gasteiger partial charge on any atom is -0.493 e. The fourth-order valence-corrected chi connectivity index (χ4v) is 1.00. The summed E-state index contributed by atoms with van der Waals surface area (Å²) >= 11 is 0. The fourth-order valence-electron chi connectivity index (χ4n) is 1.00. The number of pyridine rings is 1. The van der Waals surface area contributed by atoms with E-state index in [1.807, 2.05) is 0 Å². The number of hydrogen-bond donors (Lipinski definition) is 2. The van der Waals surface area contributed by atoms with Gasteiger partial charge < -0.3 is 15.2 Å². The molecule has 0 atom stereocenters. The zero-order valence-corrected chi connectivity index (χ0v) is 8.56. The number of carbonyl (C=O) groups is 1. The van der Waals surface area contributed by atoms with Crippen LogP contribution in [0, 0.1) is 0 Å². The number of carbonyl (C=O) groups excluding carboxylic acids is 1. The Kier molecular flexibility index (Phi) is 4.56. The molecule has 0 fully saturated rings. The van der Waals surface area contributed by atoms with Gasteiger partial charge in [-0.1, -0.05) is 0 Å². The van der Waals surface area contributed by atoms with E-state index >= 15 is 0 Å². The van der Waals surface area contributed by atoms with Crippen LogP contribution in [0.3, 0.4) is 0 Å². The second-order valence-electron chi connectivity index (χ2n) is 2.98. The number of aliphatic hydroxyl groups is 1. The smallest absolute Gasteiger partial charge is 0.222 e. The number of rotatable bonds is 5. The van der Waals surface area contributed by atoms with Crippen LogP contribution in [0.25, 0.3) is 0 Å². The molecule has 0 aromatic carbocycles. The zero-order valence-electron chi connectivity index (χ0n) is 8.56. The third-order valence-corrected chi connectivity index (χ3v) is 1.61. The molecule has 0 aliphatic heterocycles. The molecule has 82 valence electrons. The van der Waals surface area contributed by atoms with Gasteiger partial charge in [0.25, 0.3) is 0 Å². The number of ether oxygens (including phenoxy) is 1. The van der Waals surface area contributed by atoms with Gasteiger partial charge in [0.15, 0.2) is 0 Å². The summed E-state index contributed by atoms with van der Waals surface area (Å²) in [6.45, 7) is 1.96. The Morgan fingerprint density at radius 3 is 3.13 bits per heavy atom. The molecule has 0 radical (unpaired) electrons. The highest BCUT2D eigenvalue weighted by atomic mass is 16.5. The molecule has 0 unspecified atom stereocenters. The maximum atomic E-state index is 10.8. The van der Waals surface area contributed by atoms with E-state index in [2.05, 4.69) is 10.3 Å². The summed E-state index contributed by atoms with van der Waals surface area (Å²) in [7, 11) is 0. The second-order valence-corrected chi connectivity index (χ2v) is 2.98. The first kappa shape index (κ1) is 11.5. The fraction of sp³-hybridized carbons (Fsp3) is 0.400. The van der Waals surface area contributed by atoms with E-state index in [0.717, 1.165) is 0 Å². The van der Waals surface area contributed by atoms with E-state index in [4.69, 9.17) is 9.84 Å². The minimum atomic E-state index is -0.171. The highest BCUT2D eigenvalue weighted by molar-refractivity contribution is 5.87. The molecule has 0 saturated carbocycles. The average molecular weight is 210 g/mol. The van der Waals surface area contributed by atoms with Crippen LogP contribution < -0.4 is 10.1 Å². The number of aromatic nitrogens is 1. The number of hydrogen-bond acceptors (Lipinski definition) is 4. The van der Waals surface area contributed by atoms with Crippen LogP contribution in [-0.4, -0.2) is 29.2 Å². The van der Waals surface area contributed by atoms with Crippen molar-refractivity contribution in [2.45, 2.75) is 13.3 Å². The Morgan fingerprint density at radius 2 is 2.47 bits per heavy atom. The molecule has 1 amide bonds. The molecular formula is C10H14N2O3. The second kappa shape index (κ2) is 5.98. The normalized spacial score (nSPS) is 9.73. The van der Waals surface area contributed by atoms with Gasteiger partial charge in [-0.2, -0.15) is 0 Å². The summed E-state index contributed by atoms with van der Waals surface area (Å²) in [6.07, 6.45) is 2.14. The Morgan fingerprint density at radius 1 is 1.67 bits per heavy atom. The van der Waals surface area contributed by atoms with Gasteiger partial charge in [0.2, 0.25) is 5.91 Å². The van der Waals surface area contributed by atoms with E-state index in [-0.39, 0.29) is 12.5 Å². The number of amides is 1. The van der Waals surface area contributed by atoms with Crippen molar-refractivity contribution in [3.05, 3.63) is 18.3 Å². The summed E-state index contributed by atoms with van der Waals surface area (Å²) in [4.78, 5) is 14.7. The van der Waals surface area contributed by atoms with Crippen molar-refractivity contribution in [1.29, 1.82) is 0 Å². The standard InChI is InChI=1S/C10H14N2O3/c1-8(14)12-10-7-9(3-4-11-10)15-6-2-5-13/h3-4,7,13H,2,5-6H2,1H3,(H,11,12,14). The molecular weight excluding hydrogens is 196 g/mol. The number of nitrogens with one attached hydrogen (secondary N) is 1. The van der Waals surface area contributed by atoms with Crippen molar-refractivity contribution in [3.8, 4) is 5.75 Å². The third-order valence-electron chi connectivity index (χ3n) is 1.61. The van der Waals surface area contributed by atoms with Crippen LogP contribution in [0.2, 0.25) is 0 Å². The molecule has 0 bridgehead atoms. The van der Waals surface area contributed by atoms with Crippen LogP contribution in [0.15, 0.2) is 18.3 Å². The number of aliphatic hydroxyl groups excluding tert-OH is 1. The molecule has 0 spiro atoms. The minimum absolute atomic E-state index is 0.101. The van der Waals surface area contributed by atoms with Crippen molar-refractivity contribution in [3.63, 3.8) is 0 Å². The van der Waals surface area contributed by atoms with Gasteiger partial charge in [-0.05, 0) is 6.07 Å². The zero-order chi connectivity index (χ0) is 11.1. The molecule has 1 aromatic heterocycles. The summed E-state index contributed by atoms with van der Waals surface area (Å²) in [5, 5.41) is 11.1. The average Bonchev–Trinajstić information content (AvgIpc) is 2.18. The van der Waals surface area contributed by atoms with Gasteiger partial charge in [0, 0.05) is 32.2 Å². The molecule has 1 aromatic rings. The van der Waals surface area contributed by atoms with Crippen LogP contribution in [0.4, 0.5) is 5.82 Å². The van der Waals surface area contributed by atoms with Crippen molar-refractivity contribution in [1.82, 2.24) is 4.98 Å². The first-order chi connectivity index (χ1) is 7.22. The number of nitrogens with zero attached hydrogens (tertiary/aromatic N) is 1. The van der Waals surface area contributed by atoms with Gasteiger partial charge in [0.05, 0.1) is 6.61 Å². The van der Waals surface area contributed by atoms with Gasteiger partial charge in [-0.3, -0.25) is 4.79 Å². The molecule has 15 heavy (non-hydrogen) atoms. The Balaban J connectivity index is 2.53. The first-order valence-electron chi connectivity index (χ1n) is 4.69. The molecule has 0 aliphatic carbocycles. The molecule has 5 nitrogen and oxygen atoms in total. The molecule has 5 heteroatoms. The van der Waals surface area contributed by atoms with E-state index in [9.17, 15) is 4.79 Å². The molecule has 2 N–H and O–H groups in total. The highest BCUT2D eigenvalue weighted by Gasteiger charge is 1.99. The van der Waals surface area contributed by atoms with Gasteiger partial charge >= 0.3 is 0 Å². The first-order valence-corrected chi connectivity index (χ1v) is 4.69. The van der Waals surface area contributed by atoms with Crippen molar-refractivity contribution < 1.29 is 14.6 Å². The Hall–Kier alpha value is -1.62. The Bertz CT molecular complexity index is 328. The summed E-state index contributed by atoms with van der Waals surface area (Å²) in [5.41, 5.74) is 0. The van der Waals surface area contributed by atoms with Gasteiger partial charge in [0.1, 0.15) is 11.6 Å². The lowest BCUT2D eigenvalue weighted by molar-refractivity contribution is -0.114. The quantitative estimate of drug-likeness (QED) is 0.705. The largest absolute Gasteiger partial charge is 0.493 e. The van der Waals surface area contributed by atoms with Crippen LogP contribution in [0.5, 0.6) is 5.75 Å². The van der Waals surface area contributed by atoms with Crippen LogP contribution in [-0.2, 0) is 4.79 Å². The lowest BCUT2D eigenvalue weighted by atomic mass is 10.4. The lowest BCUT2D eigenvalue weighted by Crippen LogP contribution is -2.07. The topological polar surface area (TPSA) is 71.5 Å². The monoisotopic (exact) mass is 210 g/mol. The molecule has 1 rings (SSSR count). The van der Waals surface area contributed by atoms with Crippen LogP contribution in [0.1, 0.15) is 13.3 Å². The maximum Gasteiger partial charge on any atom is 0.222 e. The Labute approximate surface area is 88.1 Å². The van der Waals surface area contributed by atoms with Crippen molar-refractivity contribution in [2.75, 3.05) is 18.5 Å². The van der Waals surface area contributed by atoms with Crippen molar-refractivity contribution in [2.24, 2.45) is 0 Å². The molecule has 0 saturated heterocycles. The van der Waals surface area contributed by atoms with Gasteiger partial charge in [-0.15, -0.1) is 0 Å². The van der Waals surface area contributed by atoms with Crippen molar-refractivity contribution >= 4 is 11.7 Å². The summed E-state index contributed by atoms with van der Waals surface area (Å²) in [6, 6.07) is 3.33. The van der Waals surface area contributed by atoms with E-state index < -0.39 is 0 Å². The molecule has 0 aliphatic rings.